The van der Waals surface area contributed by atoms with Crippen LogP contribution in [0.5, 0.6) is 0 Å². The van der Waals surface area contributed by atoms with Gasteiger partial charge in [0, 0.05) is 24.4 Å². The van der Waals surface area contributed by atoms with E-state index >= 15 is 0 Å². The first-order chi connectivity index (χ1) is 8.48. The van der Waals surface area contributed by atoms with Crippen molar-refractivity contribution in [2.45, 2.75) is 31.9 Å². The normalized spacial score (nSPS) is 17.3. The third-order valence-corrected chi connectivity index (χ3v) is 2.93. The molecule has 5 heteroatoms. The van der Waals surface area contributed by atoms with E-state index in [0.29, 0.717) is 18.4 Å². The molecule has 1 aliphatic carbocycles. The Hall–Kier alpha value is -1.65. The van der Waals surface area contributed by atoms with Gasteiger partial charge in [-0.2, -0.15) is 13.2 Å². The van der Waals surface area contributed by atoms with Gasteiger partial charge in [-0.25, -0.2) is 0 Å². The Kier molecular flexibility index (Phi) is 3.50. The number of nitrogens with zero attached hydrogens (tertiary/aromatic N) is 1. The maximum atomic E-state index is 12.9. The van der Waals surface area contributed by atoms with Crippen molar-refractivity contribution in [2.75, 3.05) is 0 Å². The van der Waals surface area contributed by atoms with E-state index in [1.165, 1.54) is 12.3 Å². The first-order valence-corrected chi connectivity index (χ1v) is 5.73. The molecule has 1 aromatic heterocycles. The van der Waals surface area contributed by atoms with Crippen molar-refractivity contribution < 1.29 is 18.0 Å². The molecule has 0 atom stereocenters. The molecule has 1 aliphatic rings. The average Bonchev–Trinajstić information content (AvgIpc) is 2.53. The van der Waals surface area contributed by atoms with Crippen LogP contribution in [0.25, 0.3) is 5.57 Å². The predicted octanol–water partition coefficient (Wildman–Crippen LogP) is 3.63. The molecule has 0 amide bonds. The fourth-order valence-corrected chi connectivity index (χ4v) is 2.06. The molecule has 0 N–H and O–H groups in total. The van der Waals surface area contributed by atoms with E-state index in [2.05, 4.69) is 4.98 Å². The highest BCUT2D eigenvalue weighted by Crippen LogP contribution is 2.36. The topological polar surface area (TPSA) is 30.0 Å². The lowest BCUT2D eigenvalue weighted by Crippen LogP contribution is -2.09. The monoisotopic (exact) mass is 255 g/mol. The quantitative estimate of drug-likeness (QED) is 0.767. The van der Waals surface area contributed by atoms with E-state index in [1.54, 1.807) is 0 Å². The van der Waals surface area contributed by atoms with Crippen LogP contribution < -0.4 is 0 Å². The Morgan fingerprint density at radius 2 is 1.89 bits per heavy atom. The number of carbonyl (C=O) groups excluding carboxylic acids is 1. The lowest BCUT2D eigenvalue weighted by Gasteiger charge is -2.13. The molecule has 0 unspecified atom stereocenters. The molecule has 0 aromatic carbocycles. The van der Waals surface area contributed by atoms with Gasteiger partial charge in [-0.05, 0) is 37.0 Å². The smallest absolute Gasteiger partial charge is 0.295 e. The maximum absolute atomic E-state index is 12.9. The summed E-state index contributed by atoms with van der Waals surface area (Å²) in [5, 5.41) is 0. The van der Waals surface area contributed by atoms with Crippen molar-refractivity contribution in [3.05, 3.63) is 35.7 Å². The molecule has 0 fully saturated rings. The Bertz CT molecular complexity index is 491. The zero-order valence-corrected chi connectivity index (χ0v) is 9.63. The van der Waals surface area contributed by atoms with Crippen molar-refractivity contribution in [1.82, 2.24) is 4.98 Å². The van der Waals surface area contributed by atoms with Gasteiger partial charge in [0.1, 0.15) is 0 Å². The van der Waals surface area contributed by atoms with Crippen LogP contribution in [0.3, 0.4) is 0 Å². The average molecular weight is 255 g/mol. The lowest BCUT2D eigenvalue weighted by atomic mass is 9.98. The summed E-state index contributed by atoms with van der Waals surface area (Å²) >= 11 is 0. The van der Waals surface area contributed by atoms with E-state index in [0.717, 1.165) is 25.1 Å². The summed E-state index contributed by atoms with van der Waals surface area (Å²) in [5.41, 5.74) is -0.253. The predicted molar refractivity (Wildman–Crippen MR) is 60.7 cm³/mol. The second kappa shape index (κ2) is 4.92. The maximum Gasteiger partial charge on any atom is 0.417 e. The molecule has 1 heterocycles. The van der Waals surface area contributed by atoms with Gasteiger partial charge in [0.05, 0.1) is 5.56 Å². The molecule has 18 heavy (non-hydrogen) atoms. The van der Waals surface area contributed by atoms with Gasteiger partial charge >= 0.3 is 6.18 Å². The van der Waals surface area contributed by atoms with E-state index in [-0.39, 0.29) is 11.3 Å². The summed E-state index contributed by atoms with van der Waals surface area (Å²) < 4.78 is 38.6. The van der Waals surface area contributed by atoms with Gasteiger partial charge in [0.25, 0.3) is 0 Å². The molecule has 0 aliphatic heterocycles. The molecule has 96 valence electrons. The fraction of sp³-hybridized carbons (Fsp3) is 0.385. The van der Waals surface area contributed by atoms with Crippen LogP contribution in [0, 0.1) is 0 Å². The van der Waals surface area contributed by atoms with E-state index < -0.39 is 11.7 Å². The summed E-state index contributed by atoms with van der Waals surface area (Å²) in [4.78, 5) is 15.2. The van der Waals surface area contributed by atoms with Gasteiger partial charge in [-0.1, -0.05) is 0 Å². The molecule has 0 radical (unpaired) electrons. The van der Waals surface area contributed by atoms with Gasteiger partial charge < -0.3 is 0 Å². The molecular weight excluding hydrogens is 243 g/mol. The number of rotatable bonds is 1. The minimum absolute atomic E-state index is 0.0280. The number of ketones is 1. The summed E-state index contributed by atoms with van der Waals surface area (Å²) in [7, 11) is 0. The summed E-state index contributed by atoms with van der Waals surface area (Å²) in [5.74, 6) is -0.112. The molecule has 2 nitrogen and oxygen atoms in total. The molecule has 0 spiro atoms. The SMILES string of the molecule is O=C1C=C(c2cnccc2C(F)(F)F)CCCC1. The Labute approximate surface area is 103 Å². The first-order valence-electron chi connectivity index (χ1n) is 5.73. The van der Waals surface area contributed by atoms with Crippen molar-refractivity contribution in [3.8, 4) is 0 Å². The number of carbonyl (C=O) groups is 1. The number of pyridine rings is 1. The largest absolute Gasteiger partial charge is 0.417 e. The van der Waals surface area contributed by atoms with Gasteiger partial charge in [-0.15, -0.1) is 0 Å². The molecule has 0 saturated heterocycles. The van der Waals surface area contributed by atoms with Gasteiger partial charge in [0.15, 0.2) is 5.78 Å². The standard InChI is InChI=1S/C13H12F3NO/c14-13(15,16)12-5-6-17-8-11(12)9-3-1-2-4-10(18)7-9/h5-8H,1-4H2. The zero-order valence-electron chi connectivity index (χ0n) is 9.63. The van der Waals surface area contributed by atoms with E-state index in [1.807, 2.05) is 0 Å². The molecule has 0 bridgehead atoms. The van der Waals surface area contributed by atoms with Crippen LogP contribution in [0.4, 0.5) is 13.2 Å². The molecule has 0 saturated carbocycles. The highest BCUT2D eigenvalue weighted by atomic mass is 19.4. The number of hydrogen-bond acceptors (Lipinski definition) is 2. The molecule has 2 rings (SSSR count). The Morgan fingerprint density at radius 1 is 1.17 bits per heavy atom. The summed E-state index contributed by atoms with van der Waals surface area (Å²) in [6.45, 7) is 0. The second-order valence-corrected chi connectivity index (χ2v) is 4.26. The first kappa shape index (κ1) is 12.8. The number of hydrogen-bond donors (Lipinski definition) is 0. The highest BCUT2D eigenvalue weighted by molar-refractivity contribution is 5.97. The molecule has 1 aromatic rings. The number of aromatic nitrogens is 1. The van der Waals surface area contributed by atoms with Gasteiger partial charge in [0.2, 0.25) is 0 Å². The van der Waals surface area contributed by atoms with E-state index in [9.17, 15) is 18.0 Å². The third-order valence-electron chi connectivity index (χ3n) is 2.93. The third kappa shape index (κ3) is 2.78. The van der Waals surface area contributed by atoms with E-state index in [4.69, 9.17) is 0 Å². The Balaban J connectivity index is 2.47. The second-order valence-electron chi connectivity index (χ2n) is 4.26. The minimum Gasteiger partial charge on any atom is -0.295 e. The number of halogens is 3. The fourth-order valence-electron chi connectivity index (χ4n) is 2.06. The molecular formula is C13H12F3NO. The Morgan fingerprint density at radius 3 is 2.61 bits per heavy atom. The number of alkyl halides is 3. The lowest BCUT2D eigenvalue weighted by molar-refractivity contribution is -0.137. The minimum atomic E-state index is -4.42. The van der Waals surface area contributed by atoms with Crippen molar-refractivity contribution >= 4 is 11.4 Å². The van der Waals surface area contributed by atoms with Crippen LogP contribution in [0.15, 0.2) is 24.5 Å². The van der Waals surface area contributed by atoms with Crippen LogP contribution >= 0.6 is 0 Å². The zero-order chi connectivity index (χ0) is 13.2. The number of allylic oxidation sites excluding steroid dienone is 2. The summed E-state index contributed by atoms with van der Waals surface area (Å²) in [6.07, 6.45) is 1.56. The van der Waals surface area contributed by atoms with Crippen LogP contribution in [-0.4, -0.2) is 10.8 Å². The highest BCUT2D eigenvalue weighted by Gasteiger charge is 2.34. The van der Waals surface area contributed by atoms with Gasteiger partial charge in [-0.3, -0.25) is 9.78 Å². The van der Waals surface area contributed by atoms with Crippen molar-refractivity contribution in [3.63, 3.8) is 0 Å². The van der Waals surface area contributed by atoms with Crippen molar-refractivity contribution in [1.29, 1.82) is 0 Å². The van der Waals surface area contributed by atoms with Crippen LogP contribution in [0.2, 0.25) is 0 Å². The van der Waals surface area contributed by atoms with Crippen LogP contribution in [0.1, 0.15) is 36.8 Å². The summed E-state index contributed by atoms with van der Waals surface area (Å²) in [6, 6.07) is 0.950. The van der Waals surface area contributed by atoms with Crippen LogP contribution in [-0.2, 0) is 11.0 Å². The van der Waals surface area contributed by atoms with Crippen molar-refractivity contribution in [2.24, 2.45) is 0 Å².